The summed E-state index contributed by atoms with van der Waals surface area (Å²) in [5.74, 6) is -0.922. The van der Waals surface area contributed by atoms with Gasteiger partial charge >= 0.3 is 18.1 Å². The third-order valence-electron chi connectivity index (χ3n) is 5.02. The van der Waals surface area contributed by atoms with E-state index in [0.29, 0.717) is 31.3 Å². The monoisotopic (exact) mass is 368 g/mol. The average Bonchev–Trinajstić information content (AvgIpc) is 3.20. The number of rotatable bonds is 4. The van der Waals surface area contributed by atoms with Gasteiger partial charge in [-0.2, -0.15) is 0 Å². The molecule has 0 spiro atoms. The quantitative estimate of drug-likeness (QED) is 0.408. The SMILES string of the molecule is C=C(C)C(=O)OC1CCC(OC2C(=O)OC3C4OC(=O)OC4OC23)CC1. The molecule has 0 N–H and O–H groups in total. The molecule has 0 bridgehead atoms. The molecular formula is C17H20O9. The van der Waals surface area contributed by atoms with Crippen LogP contribution in [0.25, 0.3) is 0 Å². The molecule has 1 saturated carbocycles. The summed E-state index contributed by atoms with van der Waals surface area (Å²) >= 11 is 0. The molecule has 142 valence electrons. The zero-order valence-electron chi connectivity index (χ0n) is 14.3. The summed E-state index contributed by atoms with van der Waals surface area (Å²) < 4.78 is 32.0. The van der Waals surface area contributed by atoms with Crippen molar-refractivity contribution in [2.75, 3.05) is 0 Å². The van der Waals surface area contributed by atoms with Crippen LogP contribution in [0, 0.1) is 0 Å². The first kappa shape index (κ1) is 17.3. The number of esters is 2. The van der Waals surface area contributed by atoms with Gasteiger partial charge in [-0.3, -0.25) is 0 Å². The van der Waals surface area contributed by atoms with Crippen molar-refractivity contribution in [2.45, 2.75) is 75.5 Å². The van der Waals surface area contributed by atoms with Crippen LogP contribution in [0.4, 0.5) is 4.79 Å². The van der Waals surface area contributed by atoms with Gasteiger partial charge in [0, 0.05) is 5.57 Å². The van der Waals surface area contributed by atoms with E-state index in [1.807, 2.05) is 0 Å². The number of carbonyl (C=O) groups is 3. The Kier molecular flexibility index (Phi) is 4.36. The minimum Gasteiger partial charge on any atom is -0.459 e. The smallest absolute Gasteiger partial charge is 0.459 e. The molecule has 4 aliphatic rings. The van der Waals surface area contributed by atoms with E-state index >= 15 is 0 Å². The minimum atomic E-state index is -0.882. The fraction of sp³-hybridized carbons (Fsp3) is 0.706. The highest BCUT2D eigenvalue weighted by atomic mass is 16.9. The van der Waals surface area contributed by atoms with E-state index in [-0.39, 0.29) is 12.2 Å². The van der Waals surface area contributed by atoms with Gasteiger partial charge in [-0.15, -0.1) is 0 Å². The molecule has 1 aliphatic carbocycles. The topological polar surface area (TPSA) is 107 Å². The highest BCUT2D eigenvalue weighted by Gasteiger charge is 2.63. The second kappa shape index (κ2) is 6.55. The molecule has 3 saturated heterocycles. The van der Waals surface area contributed by atoms with Gasteiger partial charge in [0.2, 0.25) is 12.4 Å². The van der Waals surface area contributed by atoms with Crippen molar-refractivity contribution in [2.24, 2.45) is 0 Å². The molecule has 4 fully saturated rings. The molecule has 3 heterocycles. The fourth-order valence-corrected chi connectivity index (χ4v) is 3.69. The summed E-state index contributed by atoms with van der Waals surface area (Å²) in [6.07, 6.45) is -2.46. The van der Waals surface area contributed by atoms with Gasteiger partial charge in [-0.05, 0) is 32.6 Å². The van der Waals surface area contributed by atoms with E-state index in [0.717, 1.165) is 0 Å². The second-order valence-electron chi connectivity index (χ2n) is 6.96. The minimum absolute atomic E-state index is 0.168. The maximum Gasteiger partial charge on any atom is 0.511 e. The first-order valence-corrected chi connectivity index (χ1v) is 8.67. The van der Waals surface area contributed by atoms with E-state index in [1.54, 1.807) is 6.92 Å². The van der Waals surface area contributed by atoms with Gasteiger partial charge in [0.05, 0.1) is 6.10 Å². The van der Waals surface area contributed by atoms with Crippen molar-refractivity contribution in [3.8, 4) is 0 Å². The van der Waals surface area contributed by atoms with Crippen LogP contribution in [0.2, 0.25) is 0 Å². The van der Waals surface area contributed by atoms with Crippen LogP contribution >= 0.6 is 0 Å². The molecule has 26 heavy (non-hydrogen) atoms. The Labute approximate surface area is 149 Å². The predicted molar refractivity (Wildman–Crippen MR) is 81.7 cm³/mol. The summed E-state index contributed by atoms with van der Waals surface area (Å²) in [5.41, 5.74) is 0.370. The van der Waals surface area contributed by atoms with E-state index in [1.165, 1.54) is 0 Å². The lowest BCUT2D eigenvalue weighted by Crippen LogP contribution is -2.39. The Bertz CT molecular complexity index is 636. The van der Waals surface area contributed by atoms with Crippen LogP contribution in [0.15, 0.2) is 12.2 Å². The Morgan fingerprint density at radius 2 is 1.69 bits per heavy atom. The number of fused-ring (bicyclic) bond motifs is 3. The molecular weight excluding hydrogens is 348 g/mol. The highest BCUT2D eigenvalue weighted by Crippen LogP contribution is 2.39. The van der Waals surface area contributed by atoms with E-state index in [4.69, 9.17) is 28.4 Å². The third kappa shape index (κ3) is 3.05. The zero-order chi connectivity index (χ0) is 18.4. The lowest BCUT2D eigenvalue weighted by atomic mass is 9.94. The molecule has 9 heteroatoms. The lowest BCUT2D eigenvalue weighted by Gasteiger charge is -2.30. The summed E-state index contributed by atoms with van der Waals surface area (Å²) in [4.78, 5) is 34.8. The normalized spacial score (nSPS) is 40.9. The Morgan fingerprint density at radius 3 is 2.38 bits per heavy atom. The molecule has 3 aliphatic heterocycles. The van der Waals surface area contributed by atoms with Gasteiger partial charge in [0.1, 0.15) is 12.2 Å². The van der Waals surface area contributed by atoms with Gasteiger partial charge < -0.3 is 28.4 Å². The van der Waals surface area contributed by atoms with Crippen LogP contribution in [-0.4, -0.2) is 61.0 Å². The summed E-state index contributed by atoms with van der Waals surface area (Å²) in [6.45, 7) is 5.17. The molecule has 5 unspecified atom stereocenters. The predicted octanol–water partition coefficient (Wildman–Crippen LogP) is 0.988. The van der Waals surface area contributed by atoms with Crippen LogP contribution < -0.4 is 0 Å². The first-order chi connectivity index (χ1) is 12.4. The van der Waals surface area contributed by atoms with Gasteiger partial charge in [-0.25, -0.2) is 14.4 Å². The van der Waals surface area contributed by atoms with Crippen molar-refractivity contribution < 1.29 is 42.8 Å². The standard InChI is InChI=1S/C17H20O9/c1-7(2)14(18)22-9-5-3-8(4-6-9)21-12-10-11(23-15(12)19)13-16(24-10)26-17(20)25-13/h8-13,16H,1,3-6H2,2H3. The summed E-state index contributed by atoms with van der Waals surface area (Å²) in [5, 5.41) is 0. The molecule has 0 amide bonds. The van der Waals surface area contributed by atoms with Crippen LogP contribution in [0.3, 0.4) is 0 Å². The third-order valence-corrected chi connectivity index (χ3v) is 5.02. The highest BCUT2D eigenvalue weighted by molar-refractivity contribution is 5.87. The fourth-order valence-electron chi connectivity index (χ4n) is 3.69. The number of carbonyl (C=O) groups excluding carboxylic acids is 3. The number of ether oxygens (including phenoxy) is 6. The van der Waals surface area contributed by atoms with Crippen molar-refractivity contribution in [3.63, 3.8) is 0 Å². The molecule has 9 nitrogen and oxygen atoms in total. The van der Waals surface area contributed by atoms with Crippen LogP contribution in [0.1, 0.15) is 32.6 Å². The van der Waals surface area contributed by atoms with E-state index in [9.17, 15) is 14.4 Å². The largest absolute Gasteiger partial charge is 0.511 e. The summed E-state index contributed by atoms with van der Waals surface area (Å²) in [7, 11) is 0. The average molecular weight is 368 g/mol. The molecule has 0 aromatic heterocycles. The lowest BCUT2D eigenvalue weighted by molar-refractivity contribution is -0.168. The zero-order valence-corrected chi connectivity index (χ0v) is 14.3. The Morgan fingerprint density at radius 1 is 1.00 bits per heavy atom. The molecule has 5 atom stereocenters. The number of hydrogen-bond donors (Lipinski definition) is 0. The molecule has 4 rings (SSSR count). The molecule has 0 aromatic rings. The van der Waals surface area contributed by atoms with Gasteiger partial charge in [-0.1, -0.05) is 6.58 Å². The first-order valence-electron chi connectivity index (χ1n) is 8.67. The van der Waals surface area contributed by atoms with Gasteiger partial charge in [0.15, 0.2) is 12.2 Å². The Hall–Kier alpha value is -2.13. The second-order valence-corrected chi connectivity index (χ2v) is 6.96. The molecule has 0 radical (unpaired) electrons. The van der Waals surface area contributed by atoms with E-state index < -0.39 is 48.8 Å². The Balaban J connectivity index is 1.30. The van der Waals surface area contributed by atoms with Crippen molar-refractivity contribution in [1.82, 2.24) is 0 Å². The number of hydrogen-bond acceptors (Lipinski definition) is 9. The van der Waals surface area contributed by atoms with E-state index in [2.05, 4.69) is 6.58 Å². The van der Waals surface area contributed by atoms with Crippen LogP contribution in [0.5, 0.6) is 0 Å². The maximum absolute atomic E-state index is 12.1. The van der Waals surface area contributed by atoms with Crippen LogP contribution in [-0.2, 0) is 38.0 Å². The van der Waals surface area contributed by atoms with Crippen molar-refractivity contribution in [1.29, 1.82) is 0 Å². The summed E-state index contributed by atoms with van der Waals surface area (Å²) in [6, 6.07) is 0. The maximum atomic E-state index is 12.1. The van der Waals surface area contributed by atoms with Gasteiger partial charge in [0.25, 0.3) is 0 Å². The van der Waals surface area contributed by atoms with Crippen molar-refractivity contribution in [3.05, 3.63) is 12.2 Å². The molecule has 0 aromatic carbocycles. The van der Waals surface area contributed by atoms with Crippen molar-refractivity contribution >= 4 is 18.1 Å².